The topological polar surface area (TPSA) is 53.7 Å². The van der Waals surface area contributed by atoms with E-state index in [1.54, 1.807) is 18.2 Å². The van der Waals surface area contributed by atoms with Crippen molar-refractivity contribution in [1.82, 2.24) is 19.5 Å². The number of rotatable bonds is 3. The van der Waals surface area contributed by atoms with Crippen LogP contribution in [0.4, 0.5) is 10.1 Å². The van der Waals surface area contributed by atoms with E-state index in [0.717, 1.165) is 41.1 Å². The van der Waals surface area contributed by atoms with E-state index in [2.05, 4.69) is 21.0 Å². The summed E-state index contributed by atoms with van der Waals surface area (Å²) in [6.07, 6.45) is 3.78. The van der Waals surface area contributed by atoms with Gasteiger partial charge in [-0.05, 0) is 54.4 Å². The molecule has 5 rings (SSSR count). The van der Waals surface area contributed by atoms with Crippen molar-refractivity contribution in [2.45, 2.75) is 6.92 Å². The molecule has 1 aliphatic heterocycles. The fourth-order valence-electron chi connectivity index (χ4n) is 4.01. The third-order valence-electron chi connectivity index (χ3n) is 5.69. The molecular formula is C24H22FN5O. The largest absolute Gasteiger partial charge is 0.365 e. The van der Waals surface area contributed by atoms with Crippen LogP contribution >= 0.6 is 0 Å². The lowest BCUT2D eigenvalue weighted by atomic mass is 10.1. The Morgan fingerprint density at radius 1 is 0.968 bits per heavy atom. The Bertz CT molecular complexity index is 1240. The SMILES string of the molecule is Cc1cccc(C(=O)N2CCN(c3cnn4ccc(-c5ccc(F)cc5)cc34)CC2)n1. The highest BCUT2D eigenvalue weighted by atomic mass is 19.1. The molecule has 0 spiro atoms. The third kappa shape index (κ3) is 3.74. The number of halogens is 1. The van der Waals surface area contributed by atoms with Gasteiger partial charge in [-0.25, -0.2) is 13.9 Å². The molecule has 3 aromatic heterocycles. The van der Waals surface area contributed by atoms with Crippen LogP contribution in [0.25, 0.3) is 16.6 Å². The second-order valence-electron chi connectivity index (χ2n) is 7.73. The molecule has 0 unspecified atom stereocenters. The number of aryl methyl sites for hydroxylation is 1. The van der Waals surface area contributed by atoms with Gasteiger partial charge in [-0.2, -0.15) is 5.10 Å². The molecule has 4 heterocycles. The standard InChI is InChI=1S/C24H22FN5O/c1-17-3-2-4-21(27-17)24(31)29-13-11-28(12-14-29)23-16-26-30-10-9-19(15-22(23)30)18-5-7-20(25)8-6-18/h2-10,15-16H,11-14H2,1H3. The number of aromatic nitrogens is 3. The van der Waals surface area contributed by atoms with E-state index in [4.69, 9.17) is 0 Å². The number of nitrogens with zero attached hydrogens (tertiary/aromatic N) is 5. The second kappa shape index (κ2) is 7.83. The van der Waals surface area contributed by atoms with Crippen LogP contribution < -0.4 is 4.90 Å². The Balaban J connectivity index is 1.35. The molecule has 1 amide bonds. The van der Waals surface area contributed by atoms with Gasteiger partial charge < -0.3 is 9.80 Å². The molecule has 6 nitrogen and oxygen atoms in total. The zero-order valence-corrected chi connectivity index (χ0v) is 17.2. The van der Waals surface area contributed by atoms with Gasteiger partial charge in [0.25, 0.3) is 5.91 Å². The van der Waals surface area contributed by atoms with Gasteiger partial charge >= 0.3 is 0 Å². The Kier molecular flexibility index (Phi) is 4.86. The first-order valence-electron chi connectivity index (χ1n) is 10.3. The average Bonchev–Trinajstić information content (AvgIpc) is 3.22. The molecule has 0 saturated carbocycles. The third-order valence-corrected chi connectivity index (χ3v) is 5.69. The molecule has 4 aromatic rings. The zero-order valence-electron chi connectivity index (χ0n) is 17.2. The molecule has 0 radical (unpaired) electrons. The summed E-state index contributed by atoms with van der Waals surface area (Å²) in [4.78, 5) is 21.3. The van der Waals surface area contributed by atoms with E-state index in [-0.39, 0.29) is 11.7 Å². The molecule has 156 valence electrons. The number of fused-ring (bicyclic) bond motifs is 1. The number of benzene rings is 1. The Labute approximate surface area is 179 Å². The Morgan fingerprint density at radius 2 is 1.74 bits per heavy atom. The van der Waals surface area contributed by atoms with Crippen molar-refractivity contribution in [3.63, 3.8) is 0 Å². The zero-order chi connectivity index (χ0) is 21.4. The number of hydrogen-bond donors (Lipinski definition) is 0. The van der Waals surface area contributed by atoms with Crippen LogP contribution in [0.3, 0.4) is 0 Å². The smallest absolute Gasteiger partial charge is 0.272 e. The molecule has 0 atom stereocenters. The molecule has 7 heteroatoms. The molecular weight excluding hydrogens is 393 g/mol. The fourth-order valence-corrected chi connectivity index (χ4v) is 4.01. The minimum absolute atomic E-state index is 0.0261. The number of carbonyl (C=O) groups excluding carboxylic acids is 1. The number of amides is 1. The number of carbonyl (C=O) groups is 1. The van der Waals surface area contributed by atoms with Crippen molar-refractivity contribution in [1.29, 1.82) is 0 Å². The first-order valence-corrected chi connectivity index (χ1v) is 10.3. The van der Waals surface area contributed by atoms with Gasteiger partial charge in [0, 0.05) is 38.1 Å². The fraction of sp³-hybridized carbons (Fsp3) is 0.208. The van der Waals surface area contributed by atoms with E-state index < -0.39 is 0 Å². The lowest BCUT2D eigenvalue weighted by molar-refractivity contribution is 0.0740. The summed E-state index contributed by atoms with van der Waals surface area (Å²) in [5, 5.41) is 4.48. The van der Waals surface area contributed by atoms with Crippen molar-refractivity contribution in [2.24, 2.45) is 0 Å². The van der Waals surface area contributed by atoms with Crippen molar-refractivity contribution in [2.75, 3.05) is 31.1 Å². The van der Waals surface area contributed by atoms with E-state index >= 15 is 0 Å². The predicted octanol–water partition coefficient (Wildman–Crippen LogP) is 3.81. The second-order valence-corrected chi connectivity index (χ2v) is 7.73. The Hall–Kier alpha value is -3.74. The van der Waals surface area contributed by atoms with Gasteiger partial charge in [0.1, 0.15) is 11.5 Å². The highest BCUT2D eigenvalue weighted by Crippen LogP contribution is 2.28. The lowest BCUT2D eigenvalue weighted by Gasteiger charge is -2.35. The van der Waals surface area contributed by atoms with Gasteiger partial charge in [-0.15, -0.1) is 0 Å². The highest BCUT2D eigenvalue weighted by Gasteiger charge is 2.24. The molecule has 31 heavy (non-hydrogen) atoms. The summed E-state index contributed by atoms with van der Waals surface area (Å²) in [7, 11) is 0. The van der Waals surface area contributed by atoms with Gasteiger partial charge in [0.15, 0.2) is 0 Å². The molecule has 1 aromatic carbocycles. The van der Waals surface area contributed by atoms with Crippen LogP contribution in [0.1, 0.15) is 16.2 Å². The van der Waals surface area contributed by atoms with E-state index in [0.29, 0.717) is 18.8 Å². The summed E-state index contributed by atoms with van der Waals surface area (Å²) in [6.45, 7) is 4.59. The van der Waals surface area contributed by atoms with Crippen molar-refractivity contribution in [3.05, 3.63) is 84.2 Å². The average molecular weight is 415 g/mol. The van der Waals surface area contributed by atoms with Crippen molar-refractivity contribution >= 4 is 17.1 Å². The van der Waals surface area contributed by atoms with Gasteiger partial charge in [-0.3, -0.25) is 4.79 Å². The summed E-state index contributed by atoms with van der Waals surface area (Å²) < 4.78 is 15.1. The van der Waals surface area contributed by atoms with Gasteiger partial charge in [0.05, 0.1) is 17.4 Å². The van der Waals surface area contributed by atoms with Gasteiger partial charge in [0.2, 0.25) is 0 Å². The number of hydrogen-bond acceptors (Lipinski definition) is 4. The maximum absolute atomic E-state index is 13.3. The van der Waals surface area contributed by atoms with Crippen LogP contribution in [0.5, 0.6) is 0 Å². The molecule has 1 aliphatic rings. The maximum Gasteiger partial charge on any atom is 0.272 e. The van der Waals surface area contributed by atoms with Crippen molar-refractivity contribution in [3.8, 4) is 11.1 Å². The number of piperazine rings is 1. The molecule has 0 aliphatic carbocycles. The highest BCUT2D eigenvalue weighted by molar-refractivity contribution is 5.92. The summed E-state index contributed by atoms with van der Waals surface area (Å²) in [5.41, 5.74) is 5.32. The molecule has 0 bridgehead atoms. The molecule has 1 saturated heterocycles. The van der Waals surface area contributed by atoms with Crippen LogP contribution in [-0.4, -0.2) is 51.6 Å². The normalized spacial score (nSPS) is 14.3. The lowest BCUT2D eigenvalue weighted by Crippen LogP contribution is -2.49. The maximum atomic E-state index is 13.3. The van der Waals surface area contributed by atoms with Crippen LogP contribution in [-0.2, 0) is 0 Å². The quantitative estimate of drug-likeness (QED) is 0.511. The minimum Gasteiger partial charge on any atom is -0.365 e. The van der Waals surface area contributed by atoms with E-state index in [1.165, 1.54) is 12.1 Å². The van der Waals surface area contributed by atoms with Crippen molar-refractivity contribution < 1.29 is 9.18 Å². The molecule has 1 fully saturated rings. The number of pyridine rings is 2. The van der Waals surface area contributed by atoms with E-state index in [9.17, 15) is 9.18 Å². The first-order chi connectivity index (χ1) is 15.1. The van der Waals surface area contributed by atoms with Crippen LogP contribution in [0.2, 0.25) is 0 Å². The minimum atomic E-state index is -0.247. The predicted molar refractivity (Wildman–Crippen MR) is 118 cm³/mol. The molecule has 0 N–H and O–H groups in total. The Morgan fingerprint density at radius 3 is 2.48 bits per heavy atom. The van der Waals surface area contributed by atoms with Crippen LogP contribution in [0.15, 0.2) is 67.0 Å². The monoisotopic (exact) mass is 415 g/mol. The number of anilines is 1. The summed E-state index contributed by atoms with van der Waals surface area (Å²) in [6, 6.07) is 16.1. The summed E-state index contributed by atoms with van der Waals surface area (Å²) in [5.74, 6) is -0.273. The van der Waals surface area contributed by atoms with Crippen LogP contribution in [0, 0.1) is 12.7 Å². The first kappa shape index (κ1) is 19.2. The van der Waals surface area contributed by atoms with E-state index in [1.807, 2.05) is 46.9 Å². The van der Waals surface area contributed by atoms with Gasteiger partial charge in [-0.1, -0.05) is 18.2 Å². The summed E-state index contributed by atoms with van der Waals surface area (Å²) >= 11 is 0.